The molecule has 1 unspecified atom stereocenters. The molecule has 1 aliphatic rings. The lowest BCUT2D eigenvalue weighted by Gasteiger charge is -2.32. The van der Waals surface area contributed by atoms with Crippen molar-refractivity contribution in [1.82, 2.24) is 4.31 Å². The lowest BCUT2D eigenvalue weighted by atomic mass is 10.2. The summed E-state index contributed by atoms with van der Waals surface area (Å²) in [6.07, 6.45) is 0.331. The number of sulfonamides is 1. The summed E-state index contributed by atoms with van der Waals surface area (Å²) < 4.78 is 31.4. The van der Waals surface area contributed by atoms with Crippen LogP contribution in [0, 0.1) is 0 Å². The Labute approximate surface area is 113 Å². The summed E-state index contributed by atoms with van der Waals surface area (Å²) in [5.41, 5.74) is 0.622. The van der Waals surface area contributed by atoms with E-state index in [2.05, 4.69) is 0 Å². The topological polar surface area (TPSA) is 46.6 Å². The Hall–Kier alpha value is -0.620. The first-order valence-corrected chi connectivity index (χ1v) is 7.84. The molecule has 2 rings (SSSR count). The quantitative estimate of drug-likeness (QED) is 0.857. The van der Waals surface area contributed by atoms with Gasteiger partial charge in [-0.25, -0.2) is 8.42 Å². The normalized spacial score (nSPS) is 22.0. The summed E-state index contributed by atoms with van der Waals surface area (Å²) in [6.45, 7) is 2.87. The lowest BCUT2D eigenvalue weighted by Crippen LogP contribution is -2.45. The molecule has 1 aromatic carbocycles. The molecule has 6 heteroatoms. The fraction of sp³-hybridized carbons (Fsp3) is 0.500. The molecule has 0 saturated carbocycles. The summed E-state index contributed by atoms with van der Waals surface area (Å²) in [5.74, 6) is -0.0830. The van der Waals surface area contributed by atoms with Crippen molar-refractivity contribution in [1.29, 1.82) is 0 Å². The second-order valence-corrected chi connectivity index (χ2v) is 6.61. The molecular weight excluding hydrogens is 274 g/mol. The molecule has 0 spiro atoms. The van der Waals surface area contributed by atoms with Crippen LogP contribution in [-0.2, 0) is 20.5 Å². The number of halogens is 1. The highest BCUT2D eigenvalue weighted by Gasteiger charge is 2.30. The Morgan fingerprint density at radius 3 is 2.83 bits per heavy atom. The number of rotatable bonds is 3. The maximum Gasteiger partial charge on any atom is 0.220 e. The van der Waals surface area contributed by atoms with E-state index >= 15 is 0 Å². The SMILES string of the molecule is CC1OCCCN1S(=O)(=O)Cc1ccccc1Cl. The highest BCUT2D eigenvalue weighted by atomic mass is 35.5. The first kappa shape index (κ1) is 13.8. The second kappa shape index (κ2) is 5.57. The zero-order chi connectivity index (χ0) is 13.2. The number of hydrogen-bond donors (Lipinski definition) is 0. The van der Waals surface area contributed by atoms with E-state index in [0.717, 1.165) is 6.42 Å². The molecule has 0 aliphatic carbocycles. The maximum atomic E-state index is 12.3. The molecule has 4 nitrogen and oxygen atoms in total. The van der Waals surface area contributed by atoms with Crippen LogP contribution in [0.4, 0.5) is 0 Å². The average Bonchev–Trinajstić information content (AvgIpc) is 2.32. The molecule has 1 heterocycles. The first-order valence-electron chi connectivity index (χ1n) is 5.85. The number of hydrogen-bond acceptors (Lipinski definition) is 3. The molecule has 18 heavy (non-hydrogen) atoms. The summed E-state index contributed by atoms with van der Waals surface area (Å²) in [6, 6.07) is 7.00. The van der Waals surface area contributed by atoms with E-state index in [4.69, 9.17) is 16.3 Å². The predicted octanol–water partition coefficient (Wildman–Crippen LogP) is 2.24. The Kier molecular flexibility index (Phi) is 4.27. The molecule has 0 radical (unpaired) electrons. The van der Waals surface area contributed by atoms with Crippen LogP contribution in [0.5, 0.6) is 0 Å². The predicted molar refractivity (Wildman–Crippen MR) is 70.8 cm³/mol. The molecule has 1 fully saturated rings. The molecule has 0 N–H and O–H groups in total. The second-order valence-electron chi connectivity index (χ2n) is 4.28. The van der Waals surface area contributed by atoms with Crippen molar-refractivity contribution in [3.8, 4) is 0 Å². The van der Waals surface area contributed by atoms with Gasteiger partial charge in [0, 0.05) is 18.2 Å². The van der Waals surface area contributed by atoms with E-state index in [1.807, 2.05) is 0 Å². The summed E-state index contributed by atoms with van der Waals surface area (Å²) in [7, 11) is -3.38. The molecule has 100 valence electrons. The van der Waals surface area contributed by atoms with Crippen molar-refractivity contribution in [2.24, 2.45) is 0 Å². The van der Waals surface area contributed by atoms with Crippen molar-refractivity contribution < 1.29 is 13.2 Å². The van der Waals surface area contributed by atoms with Crippen molar-refractivity contribution in [3.63, 3.8) is 0 Å². The van der Waals surface area contributed by atoms with E-state index in [1.54, 1.807) is 31.2 Å². The molecular formula is C12H16ClNO3S. The maximum absolute atomic E-state index is 12.3. The number of ether oxygens (including phenoxy) is 1. The summed E-state index contributed by atoms with van der Waals surface area (Å²) in [4.78, 5) is 0. The van der Waals surface area contributed by atoms with Gasteiger partial charge in [0.05, 0.1) is 5.75 Å². The van der Waals surface area contributed by atoms with Crippen molar-refractivity contribution >= 4 is 21.6 Å². The number of benzene rings is 1. The van der Waals surface area contributed by atoms with Gasteiger partial charge < -0.3 is 4.74 Å². The standard InChI is InChI=1S/C12H16ClNO3S/c1-10-14(7-4-8-17-10)18(15,16)9-11-5-2-3-6-12(11)13/h2-3,5-6,10H,4,7-9H2,1H3. The Morgan fingerprint density at radius 1 is 1.44 bits per heavy atom. The largest absolute Gasteiger partial charge is 0.362 e. The fourth-order valence-corrected chi connectivity index (χ4v) is 4.01. The van der Waals surface area contributed by atoms with E-state index in [9.17, 15) is 8.42 Å². The third kappa shape index (κ3) is 3.03. The third-order valence-corrected chi connectivity index (χ3v) is 5.18. The molecule has 1 aliphatic heterocycles. The van der Waals surface area contributed by atoms with Crippen molar-refractivity contribution in [2.75, 3.05) is 13.2 Å². The van der Waals surface area contributed by atoms with E-state index < -0.39 is 16.3 Å². The van der Waals surface area contributed by atoms with Gasteiger partial charge in [-0.05, 0) is 25.0 Å². The monoisotopic (exact) mass is 289 g/mol. The Balaban J connectivity index is 2.19. The Morgan fingerprint density at radius 2 is 2.17 bits per heavy atom. The molecule has 0 amide bonds. The van der Waals surface area contributed by atoms with Crippen molar-refractivity contribution in [3.05, 3.63) is 34.9 Å². The van der Waals surface area contributed by atoms with E-state index in [0.29, 0.717) is 23.7 Å². The molecule has 1 aromatic rings. The molecule has 0 aromatic heterocycles. The Bertz CT molecular complexity index is 518. The van der Waals surface area contributed by atoms with Gasteiger partial charge >= 0.3 is 0 Å². The minimum absolute atomic E-state index is 0.0830. The van der Waals surface area contributed by atoms with Crippen LogP contribution in [-0.4, -0.2) is 32.1 Å². The van der Waals surface area contributed by atoms with Crippen LogP contribution in [0.2, 0.25) is 5.02 Å². The van der Waals surface area contributed by atoms with E-state index in [-0.39, 0.29) is 5.75 Å². The molecule has 1 saturated heterocycles. The van der Waals surface area contributed by atoms with Gasteiger partial charge in [0.15, 0.2) is 0 Å². The average molecular weight is 290 g/mol. The van der Waals surface area contributed by atoms with Crippen LogP contribution >= 0.6 is 11.6 Å². The lowest BCUT2D eigenvalue weighted by molar-refractivity contribution is -0.0411. The molecule has 0 bridgehead atoms. The van der Waals surface area contributed by atoms with Gasteiger partial charge in [0.1, 0.15) is 6.23 Å². The van der Waals surface area contributed by atoms with E-state index in [1.165, 1.54) is 4.31 Å². The first-order chi connectivity index (χ1) is 8.50. The van der Waals surface area contributed by atoms with Gasteiger partial charge in [-0.1, -0.05) is 29.8 Å². The van der Waals surface area contributed by atoms with Gasteiger partial charge in [0.2, 0.25) is 10.0 Å². The van der Waals surface area contributed by atoms with Crippen LogP contribution in [0.3, 0.4) is 0 Å². The summed E-state index contributed by atoms with van der Waals surface area (Å²) >= 11 is 5.99. The minimum atomic E-state index is -3.38. The van der Waals surface area contributed by atoms with Gasteiger partial charge in [-0.15, -0.1) is 0 Å². The number of nitrogens with zero attached hydrogens (tertiary/aromatic N) is 1. The van der Waals surface area contributed by atoms with Gasteiger partial charge in [-0.3, -0.25) is 0 Å². The smallest absolute Gasteiger partial charge is 0.220 e. The van der Waals surface area contributed by atoms with Gasteiger partial charge in [0.25, 0.3) is 0 Å². The third-order valence-electron chi connectivity index (χ3n) is 2.94. The van der Waals surface area contributed by atoms with Crippen LogP contribution in [0.25, 0.3) is 0 Å². The van der Waals surface area contributed by atoms with Crippen LogP contribution < -0.4 is 0 Å². The fourth-order valence-electron chi connectivity index (χ4n) is 2.00. The zero-order valence-corrected chi connectivity index (χ0v) is 11.7. The zero-order valence-electron chi connectivity index (χ0n) is 10.2. The molecule has 1 atom stereocenters. The minimum Gasteiger partial charge on any atom is -0.362 e. The highest BCUT2D eigenvalue weighted by molar-refractivity contribution is 7.88. The van der Waals surface area contributed by atoms with Crippen LogP contribution in [0.1, 0.15) is 18.9 Å². The van der Waals surface area contributed by atoms with Crippen molar-refractivity contribution in [2.45, 2.75) is 25.3 Å². The van der Waals surface area contributed by atoms with Gasteiger partial charge in [-0.2, -0.15) is 4.31 Å². The van der Waals surface area contributed by atoms with Crippen LogP contribution in [0.15, 0.2) is 24.3 Å². The summed E-state index contributed by atoms with van der Waals surface area (Å²) in [5, 5.41) is 0.478. The highest BCUT2D eigenvalue weighted by Crippen LogP contribution is 2.22.